The van der Waals surface area contributed by atoms with E-state index in [1.54, 1.807) is 19.1 Å². The summed E-state index contributed by atoms with van der Waals surface area (Å²) in [6, 6.07) is 9.36. The molecule has 1 aliphatic heterocycles. The van der Waals surface area contributed by atoms with Crippen LogP contribution in [0.15, 0.2) is 59.9 Å². The Morgan fingerprint density at radius 3 is 2.53 bits per heavy atom. The molecule has 0 saturated heterocycles. The minimum Gasteiger partial charge on any atom is -0.481 e. The van der Waals surface area contributed by atoms with Gasteiger partial charge in [0.1, 0.15) is 11.1 Å². The van der Waals surface area contributed by atoms with Gasteiger partial charge < -0.3 is 20.8 Å². The fraction of sp³-hybridized carbons (Fsp3) is 0.304. The molecule has 0 aliphatic carbocycles. The molecule has 1 amide bonds. The summed E-state index contributed by atoms with van der Waals surface area (Å²) < 4.78 is 0. The summed E-state index contributed by atoms with van der Waals surface area (Å²) in [5, 5.41) is 37.3. The molecule has 3 rings (SSSR count). The van der Waals surface area contributed by atoms with Crippen LogP contribution in [0.25, 0.3) is 0 Å². The third-order valence-electron chi connectivity index (χ3n) is 6.18. The fourth-order valence-corrected chi connectivity index (χ4v) is 4.57. The Morgan fingerprint density at radius 1 is 1.21 bits per heavy atom. The van der Waals surface area contributed by atoms with Gasteiger partial charge >= 0.3 is 11.9 Å². The summed E-state index contributed by atoms with van der Waals surface area (Å²) in [5.41, 5.74) is -1.60. The molecular weight excluding hydrogens is 444 g/mol. The molecule has 34 heavy (non-hydrogen) atoms. The Hall–Kier alpha value is -4.28. The van der Waals surface area contributed by atoms with Crippen molar-refractivity contribution in [3.8, 4) is 0 Å². The highest BCUT2D eigenvalue weighted by atomic mass is 16.6. The third kappa shape index (κ3) is 4.45. The number of nitrogens with zero attached hydrogens (tertiary/aromatic N) is 2. The summed E-state index contributed by atoms with van der Waals surface area (Å²) in [5.74, 6) is -4.35. The summed E-state index contributed by atoms with van der Waals surface area (Å²) in [6.07, 6.45) is 1.30. The highest BCUT2D eigenvalue weighted by Crippen LogP contribution is 2.50. The number of amides is 1. The lowest BCUT2D eigenvalue weighted by atomic mass is 9.60. The molecule has 0 radical (unpaired) electrons. The summed E-state index contributed by atoms with van der Waals surface area (Å²) in [6.45, 7) is 3.05. The highest BCUT2D eigenvalue weighted by Gasteiger charge is 2.56. The number of rotatable bonds is 8. The van der Waals surface area contributed by atoms with Gasteiger partial charge in [-0.1, -0.05) is 18.2 Å². The van der Waals surface area contributed by atoms with E-state index in [1.807, 2.05) is 0 Å². The lowest BCUT2D eigenvalue weighted by Gasteiger charge is -2.47. The lowest BCUT2D eigenvalue weighted by molar-refractivity contribution is -0.384. The van der Waals surface area contributed by atoms with E-state index in [0.717, 1.165) is 0 Å². The average Bonchev–Trinajstić information content (AvgIpc) is 2.80. The second-order valence-electron chi connectivity index (χ2n) is 8.06. The number of aromatic nitrogens is 1. The van der Waals surface area contributed by atoms with Crippen molar-refractivity contribution in [3.05, 3.63) is 81.3 Å². The first-order chi connectivity index (χ1) is 16.1. The molecule has 0 saturated carbocycles. The molecule has 3 atom stereocenters. The van der Waals surface area contributed by atoms with Gasteiger partial charge in [-0.2, -0.15) is 0 Å². The number of carboxylic acids is 2. The second kappa shape index (κ2) is 9.69. The Balaban J connectivity index is 2.07. The van der Waals surface area contributed by atoms with Crippen LogP contribution in [0.1, 0.15) is 42.2 Å². The second-order valence-corrected chi connectivity index (χ2v) is 8.06. The molecule has 11 heteroatoms. The number of nitro benzene ring substituents is 1. The predicted molar refractivity (Wildman–Crippen MR) is 120 cm³/mol. The third-order valence-corrected chi connectivity index (χ3v) is 6.18. The maximum atomic E-state index is 12.8. The van der Waals surface area contributed by atoms with Crippen molar-refractivity contribution in [1.29, 1.82) is 0 Å². The van der Waals surface area contributed by atoms with Crippen molar-refractivity contribution in [1.82, 2.24) is 15.6 Å². The van der Waals surface area contributed by atoms with E-state index in [4.69, 9.17) is 0 Å². The predicted octanol–water partition coefficient (Wildman–Crippen LogP) is 2.31. The van der Waals surface area contributed by atoms with Gasteiger partial charge in [0.15, 0.2) is 0 Å². The Labute approximate surface area is 194 Å². The maximum absolute atomic E-state index is 12.8. The largest absolute Gasteiger partial charge is 0.481 e. The molecule has 2 aromatic rings. The van der Waals surface area contributed by atoms with Crippen LogP contribution in [0, 0.1) is 15.5 Å². The molecule has 4 N–H and O–H groups in total. The van der Waals surface area contributed by atoms with Crippen LogP contribution in [0.3, 0.4) is 0 Å². The molecule has 0 fully saturated rings. The first kappa shape index (κ1) is 24.4. The first-order valence-electron chi connectivity index (χ1n) is 10.5. The van der Waals surface area contributed by atoms with Crippen LogP contribution < -0.4 is 10.6 Å². The number of pyridine rings is 1. The molecule has 1 aromatic carbocycles. The zero-order valence-corrected chi connectivity index (χ0v) is 18.5. The molecule has 1 aromatic heterocycles. The number of allylic oxidation sites excluding steroid dienone is 1. The van der Waals surface area contributed by atoms with Gasteiger partial charge in [0.2, 0.25) is 0 Å². The minimum absolute atomic E-state index is 0.0922. The van der Waals surface area contributed by atoms with Gasteiger partial charge in [0, 0.05) is 42.5 Å². The van der Waals surface area contributed by atoms with Gasteiger partial charge in [-0.3, -0.25) is 24.7 Å². The summed E-state index contributed by atoms with van der Waals surface area (Å²) >= 11 is 0. The van der Waals surface area contributed by atoms with Crippen molar-refractivity contribution >= 4 is 23.5 Å². The zero-order chi connectivity index (χ0) is 25.0. The molecule has 1 aliphatic rings. The van der Waals surface area contributed by atoms with Crippen molar-refractivity contribution < 1.29 is 29.5 Å². The van der Waals surface area contributed by atoms with Crippen molar-refractivity contribution in [2.45, 2.75) is 32.2 Å². The minimum atomic E-state index is -1.74. The van der Waals surface area contributed by atoms with Crippen molar-refractivity contribution in [2.75, 3.05) is 6.54 Å². The van der Waals surface area contributed by atoms with E-state index in [0.29, 0.717) is 0 Å². The number of nitro groups is 1. The molecule has 2 heterocycles. The van der Waals surface area contributed by atoms with E-state index in [2.05, 4.69) is 15.6 Å². The summed E-state index contributed by atoms with van der Waals surface area (Å²) in [4.78, 5) is 52.2. The van der Waals surface area contributed by atoms with E-state index < -0.39 is 40.1 Å². The lowest BCUT2D eigenvalue weighted by Crippen LogP contribution is -2.57. The van der Waals surface area contributed by atoms with E-state index in [-0.39, 0.29) is 41.2 Å². The number of non-ortho nitro benzene ring substituents is 1. The van der Waals surface area contributed by atoms with Gasteiger partial charge in [-0.05, 0) is 38.0 Å². The molecular formula is C23H24N4O7. The van der Waals surface area contributed by atoms with Gasteiger partial charge in [-0.25, -0.2) is 4.79 Å². The van der Waals surface area contributed by atoms with Gasteiger partial charge in [-0.15, -0.1) is 0 Å². The SMILES string of the molecule is CC1=C(C(=O)O)C(c2cccc([N+](=O)[O-])c2)C(CCNC(=O)c2ccccn2)(C(=O)O)C(C)N1. The van der Waals surface area contributed by atoms with Crippen LogP contribution >= 0.6 is 0 Å². The van der Waals surface area contributed by atoms with Crippen LogP contribution in [-0.2, 0) is 9.59 Å². The van der Waals surface area contributed by atoms with Crippen LogP contribution in [0.5, 0.6) is 0 Å². The quantitative estimate of drug-likeness (QED) is 0.335. The Morgan fingerprint density at radius 2 is 1.94 bits per heavy atom. The number of hydrogen-bond acceptors (Lipinski definition) is 7. The van der Waals surface area contributed by atoms with Crippen LogP contribution in [-0.4, -0.2) is 50.6 Å². The number of benzene rings is 1. The van der Waals surface area contributed by atoms with E-state index >= 15 is 0 Å². The van der Waals surface area contributed by atoms with Gasteiger partial charge in [0.25, 0.3) is 11.6 Å². The molecule has 178 valence electrons. The molecule has 11 nitrogen and oxygen atoms in total. The van der Waals surface area contributed by atoms with Crippen molar-refractivity contribution in [2.24, 2.45) is 5.41 Å². The van der Waals surface area contributed by atoms with E-state index in [1.165, 1.54) is 43.5 Å². The van der Waals surface area contributed by atoms with Crippen molar-refractivity contribution in [3.63, 3.8) is 0 Å². The topological polar surface area (TPSA) is 172 Å². The molecule has 0 bridgehead atoms. The smallest absolute Gasteiger partial charge is 0.333 e. The zero-order valence-electron chi connectivity index (χ0n) is 18.5. The fourth-order valence-electron chi connectivity index (χ4n) is 4.57. The Kier molecular flexibility index (Phi) is 6.94. The standard InChI is InChI=1S/C23H24N4O7/c1-13-18(21(29)30)19(15-6-5-7-16(12-15)27(33)34)23(22(31)32,14(2)26-13)9-11-25-20(28)17-8-3-4-10-24-17/h3-8,10,12,14,19,26H,9,11H2,1-2H3,(H,25,28)(H,29,30)(H,31,32). The maximum Gasteiger partial charge on any atom is 0.333 e. The monoisotopic (exact) mass is 468 g/mol. The normalized spacial score (nSPS) is 21.9. The van der Waals surface area contributed by atoms with Crippen LogP contribution in [0.2, 0.25) is 0 Å². The average molecular weight is 468 g/mol. The van der Waals surface area contributed by atoms with E-state index in [9.17, 15) is 34.7 Å². The number of aliphatic carboxylic acids is 2. The molecule has 0 spiro atoms. The number of carboxylic acid groups (broad SMARTS) is 2. The number of hydrogen-bond donors (Lipinski definition) is 4. The Bertz CT molecular complexity index is 1160. The number of nitrogens with one attached hydrogen (secondary N) is 2. The van der Waals surface area contributed by atoms with Gasteiger partial charge in [0.05, 0.1) is 10.5 Å². The molecule has 3 unspecified atom stereocenters. The summed E-state index contributed by atoms with van der Waals surface area (Å²) in [7, 11) is 0. The number of carbonyl (C=O) groups excluding carboxylic acids is 1. The highest BCUT2D eigenvalue weighted by molar-refractivity contribution is 5.93. The number of carbonyl (C=O) groups is 3. The first-order valence-corrected chi connectivity index (χ1v) is 10.5. The van der Waals surface area contributed by atoms with Crippen LogP contribution in [0.4, 0.5) is 5.69 Å².